The van der Waals surface area contributed by atoms with Crippen molar-refractivity contribution in [1.82, 2.24) is 5.32 Å². The topological polar surface area (TPSA) is 32.3 Å². The van der Waals surface area contributed by atoms with Crippen molar-refractivity contribution in [2.45, 2.75) is 6.42 Å². The van der Waals surface area contributed by atoms with Crippen LogP contribution in [0.1, 0.15) is 16.8 Å². The maximum absolute atomic E-state index is 11.0. The third-order valence-corrected chi connectivity index (χ3v) is 3.16. The molecule has 3 nitrogen and oxygen atoms in total. The Balaban J connectivity index is 2.30. The van der Waals surface area contributed by atoms with Crippen LogP contribution in [0.4, 0.5) is 5.69 Å². The van der Waals surface area contributed by atoms with Crippen molar-refractivity contribution < 1.29 is 4.79 Å². The number of benzene rings is 1. The molecule has 1 aliphatic rings. The second-order valence-corrected chi connectivity index (χ2v) is 4.29. The zero-order valence-electron chi connectivity index (χ0n) is 9.08. The van der Waals surface area contributed by atoms with Crippen LogP contribution in [0.2, 0.25) is 5.02 Å². The van der Waals surface area contributed by atoms with Gasteiger partial charge in [0.25, 0.3) is 0 Å². The van der Waals surface area contributed by atoms with Gasteiger partial charge in [0, 0.05) is 25.3 Å². The van der Waals surface area contributed by atoms with Gasteiger partial charge in [0.1, 0.15) is 0 Å². The summed E-state index contributed by atoms with van der Waals surface area (Å²) in [4.78, 5) is 13.3. The Morgan fingerprint density at radius 2 is 2.19 bits per heavy atom. The van der Waals surface area contributed by atoms with Gasteiger partial charge in [0.2, 0.25) is 0 Å². The Morgan fingerprint density at radius 1 is 1.31 bits per heavy atom. The van der Waals surface area contributed by atoms with Crippen LogP contribution in [-0.2, 0) is 0 Å². The fourth-order valence-electron chi connectivity index (χ4n) is 2.00. The molecule has 1 N–H and O–H groups in total. The minimum Gasteiger partial charge on any atom is -0.370 e. The number of aldehydes is 1. The molecule has 1 aromatic rings. The monoisotopic (exact) mass is 238 g/mol. The van der Waals surface area contributed by atoms with E-state index in [1.54, 1.807) is 6.07 Å². The number of nitrogens with zero attached hydrogens (tertiary/aromatic N) is 1. The van der Waals surface area contributed by atoms with Crippen molar-refractivity contribution in [3.63, 3.8) is 0 Å². The SMILES string of the molecule is O=Cc1c(Cl)cccc1N1CCCNCC1. The van der Waals surface area contributed by atoms with E-state index in [1.807, 2.05) is 12.1 Å². The van der Waals surface area contributed by atoms with Gasteiger partial charge in [-0.05, 0) is 25.1 Å². The molecule has 0 spiro atoms. The lowest BCUT2D eigenvalue weighted by Crippen LogP contribution is -2.28. The molecule has 1 fully saturated rings. The van der Waals surface area contributed by atoms with Crippen molar-refractivity contribution in [3.05, 3.63) is 28.8 Å². The molecular weight excluding hydrogens is 224 g/mol. The average molecular weight is 239 g/mol. The van der Waals surface area contributed by atoms with Crippen LogP contribution in [0.25, 0.3) is 0 Å². The van der Waals surface area contributed by atoms with Crippen molar-refractivity contribution in [2.75, 3.05) is 31.1 Å². The van der Waals surface area contributed by atoms with E-state index in [1.165, 1.54) is 0 Å². The molecular formula is C12H15ClN2O. The van der Waals surface area contributed by atoms with E-state index in [0.29, 0.717) is 10.6 Å². The summed E-state index contributed by atoms with van der Waals surface area (Å²) in [5, 5.41) is 3.87. The van der Waals surface area contributed by atoms with E-state index in [9.17, 15) is 4.79 Å². The highest BCUT2D eigenvalue weighted by atomic mass is 35.5. The Bertz CT molecular complexity index is 373. The van der Waals surface area contributed by atoms with E-state index in [2.05, 4.69) is 10.2 Å². The number of hydrogen-bond donors (Lipinski definition) is 1. The van der Waals surface area contributed by atoms with Crippen LogP contribution in [0.3, 0.4) is 0 Å². The Hall–Kier alpha value is -1.06. The number of carbonyl (C=O) groups is 1. The summed E-state index contributed by atoms with van der Waals surface area (Å²) in [6, 6.07) is 5.61. The van der Waals surface area contributed by atoms with Crippen LogP contribution in [-0.4, -0.2) is 32.5 Å². The third-order valence-electron chi connectivity index (χ3n) is 2.83. The molecule has 0 aromatic heterocycles. The quantitative estimate of drug-likeness (QED) is 0.800. The standard InChI is InChI=1S/C12H15ClN2O/c13-11-3-1-4-12(10(11)9-16)15-7-2-5-14-6-8-15/h1,3-4,9,14H,2,5-8H2. The van der Waals surface area contributed by atoms with Gasteiger partial charge in [-0.3, -0.25) is 4.79 Å². The molecule has 2 rings (SSSR count). The summed E-state index contributed by atoms with van der Waals surface area (Å²) in [5.74, 6) is 0. The number of hydrogen-bond acceptors (Lipinski definition) is 3. The largest absolute Gasteiger partial charge is 0.370 e. The normalized spacial score (nSPS) is 16.9. The molecule has 0 amide bonds. The molecule has 0 bridgehead atoms. The number of nitrogens with one attached hydrogen (secondary N) is 1. The first-order chi connectivity index (χ1) is 7.83. The smallest absolute Gasteiger partial charge is 0.153 e. The van der Waals surface area contributed by atoms with Gasteiger partial charge in [0.15, 0.2) is 6.29 Å². The molecule has 86 valence electrons. The molecule has 16 heavy (non-hydrogen) atoms. The molecule has 1 saturated heterocycles. The molecule has 4 heteroatoms. The Labute approximate surface area is 100 Å². The third kappa shape index (κ3) is 2.36. The predicted octanol–water partition coefficient (Wildman–Crippen LogP) is 1.95. The van der Waals surface area contributed by atoms with Crippen molar-refractivity contribution in [1.29, 1.82) is 0 Å². The highest BCUT2D eigenvalue weighted by molar-refractivity contribution is 6.33. The van der Waals surface area contributed by atoms with Crippen LogP contribution >= 0.6 is 11.6 Å². The first-order valence-electron chi connectivity index (χ1n) is 5.52. The lowest BCUT2D eigenvalue weighted by Gasteiger charge is -2.24. The molecule has 1 aromatic carbocycles. The van der Waals surface area contributed by atoms with Crippen molar-refractivity contribution >= 4 is 23.6 Å². The molecule has 0 aliphatic carbocycles. The van der Waals surface area contributed by atoms with Gasteiger partial charge in [-0.15, -0.1) is 0 Å². The van der Waals surface area contributed by atoms with Crippen molar-refractivity contribution in [2.24, 2.45) is 0 Å². The number of carbonyl (C=O) groups excluding carboxylic acids is 1. The zero-order chi connectivity index (χ0) is 11.4. The van der Waals surface area contributed by atoms with Crippen LogP contribution < -0.4 is 10.2 Å². The number of anilines is 1. The molecule has 0 saturated carbocycles. The highest BCUT2D eigenvalue weighted by Gasteiger charge is 2.14. The van der Waals surface area contributed by atoms with Gasteiger partial charge in [0.05, 0.1) is 10.6 Å². The van der Waals surface area contributed by atoms with E-state index < -0.39 is 0 Å². The number of halogens is 1. The molecule has 0 unspecified atom stereocenters. The first kappa shape index (κ1) is 11.4. The molecule has 0 radical (unpaired) electrons. The highest BCUT2D eigenvalue weighted by Crippen LogP contribution is 2.26. The molecule has 1 heterocycles. The lowest BCUT2D eigenvalue weighted by atomic mass is 10.1. The lowest BCUT2D eigenvalue weighted by molar-refractivity contribution is 0.112. The van der Waals surface area contributed by atoms with E-state index in [-0.39, 0.29) is 0 Å². The number of rotatable bonds is 2. The fourth-order valence-corrected chi connectivity index (χ4v) is 2.22. The zero-order valence-corrected chi connectivity index (χ0v) is 9.83. The van der Waals surface area contributed by atoms with Gasteiger partial charge < -0.3 is 10.2 Å². The van der Waals surface area contributed by atoms with Crippen LogP contribution in [0.5, 0.6) is 0 Å². The summed E-state index contributed by atoms with van der Waals surface area (Å²) in [5.41, 5.74) is 1.55. The maximum atomic E-state index is 11.0. The summed E-state index contributed by atoms with van der Waals surface area (Å²) < 4.78 is 0. The summed E-state index contributed by atoms with van der Waals surface area (Å²) in [7, 11) is 0. The maximum Gasteiger partial charge on any atom is 0.153 e. The van der Waals surface area contributed by atoms with Crippen LogP contribution in [0, 0.1) is 0 Å². The average Bonchev–Trinajstić information content (AvgIpc) is 2.57. The van der Waals surface area contributed by atoms with E-state index in [4.69, 9.17) is 11.6 Å². The van der Waals surface area contributed by atoms with Crippen molar-refractivity contribution in [3.8, 4) is 0 Å². The van der Waals surface area contributed by atoms with E-state index >= 15 is 0 Å². The van der Waals surface area contributed by atoms with Gasteiger partial charge in [-0.2, -0.15) is 0 Å². The summed E-state index contributed by atoms with van der Waals surface area (Å²) in [6.45, 7) is 3.87. The minimum absolute atomic E-state index is 0.532. The second-order valence-electron chi connectivity index (χ2n) is 3.88. The fraction of sp³-hybridized carbons (Fsp3) is 0.417. The Kier molecular flexibility index (Phi) is 3.80. The minimum atomic E-state index is 0.532. The predicted molar refractivity (Wildman–Crippen MR) is 66.5 cm³/mol. The van der Waals surface area contributed by atoms with Gasteiger partial charge in [-0.25, -0.2) is 0 Å². The summed E-state index contributed by atoms with van der Waals surface area (Å²) >= 11 is 6.02. The van der Waals surface area contributed by atoms with Gasteiger partial charge >= 0.3 is 0 Å². The van der Waals surface area contributed by atoms with Gasteiger partial charge in [-0.1, -0.05) is 17.7 Å². The first-order valence-corrected chi connectivity index (χ1v) is 5.90. The van der Waals surface area contributed by atoms with Crippen LogP contribution in [0.15, 0.2) is 18.2 Å². The molecule has 0 atom stereocenters. The second kappa shape index (κ2) is 5.32. The van der Waals surface area contributed by atoms with E-state index in [0.717, 1.165) is 44.6 Å². The molecule has 1 aliphatic heterocycles. The summed E-state index contributed by atoms with van der Waals surface area (Å²) in [6.07, 6.45) is 1.93. The Morgan fingerprint density at radius 3 is 3.00 bits per heavy atom.